The second-order valence-electron chi connectivity index (χ2n) is 3.96. The summed E-state index contributed by atoms with van der Waals surface area (Å²) in [7, 11) is 0. The Balaban J connectivity index is 2.18. The number of hydrogen-bond acceptors (Lipinski definition) is 3. The third-order valence-electron chi connectivity index (χ3n) is 2.86. The van der Waals surface area contributed by atoms with Crippen LogP contribution in [0.25, 0.3) is 0 Å². The number of fused-ring (bicyclic) bond motifs is 1. The predicted octanol–water partition coefficient (Wildman–Crippen LogP) is 0.878. The topological polar surface area (TPSA) is 68.0 Å². The Labute approximate surface area is 88.1 Å². The van der Waals surface area contributed by atoms with Gasteiger partial charge in [0.2, 0.25) is 0 Å². The van der Waals surface area contributed by atoms with Crippen molar-refractivity contribution in [2.45, 2.75) is 39.2 Å². The average molecular weight is 209 g/mol. The van der Waals surface area contributed by atoms with Crippen molar-refractivity contribution in [1.29, 1.82) is 0 Å². The molecule has 0 radical (unpaired) electrons. The van der Waals surface area contributed by atoms with Gasteiger partial charge in [-0.2, -0.15) is 0 Å². The molecule has 0 aliphatic carbocycles. The van der Waals surface area contributed by atoms with E-state index in [1.54, 1.807) is 0 Å². The first-order valence-corrected chi connectivity index (χ1v) is 5.36. The summed E-state index contributed by atoms with van der Waals surface area (Å²) in [6.07, 6.45) is 3.17. The van der Waals surface area contributed by atoms with E-state index >= 15 is 0 Å². The van der Waals surface area contributed by atoms with Crippen molar-refractivity contribution >= 4 is 5.97 Å². The van der Waals surface area contributed by atoms with Crippen LogP contribution in [0, 0.1) is 5.92 Å². The van der Waals surface area contributed by atoms with Gasteiger partial charge in [0.15, 0.2) is 0 Å². The predicted molar refractivity (Wildman–Crippen MR) is 53.5 cm³/mol. The van der Waals surface area contributed by atoms with Crippen LogP contribution in [-0.2, 0) is 24.2 Å². The van der Waals surface area contributed by atoms with E-state index in [2.05, 4.69) is 21.7 Å². The summed E-state index contributed by atoms with van der Waals surface area (Å²) in [6.45, 7) is 2.85. The van der Waals surface area contributed by atoms with Crippen LogP contribution < -0.4 is 0 Å². The van der Waals surface area contributed by atoms with Crippen LogP contribution in [0.4, 0.5) is 0 Å². The van der Waals surface area contributed by atoms with Gasteiger partial charge in [-0.3, -0.25) is 4.79 Å². The van der Waals surface area contributed by atoms with E-state index in [4.69, 9.17) is 5.11 Å². The molecule has 1 aromatic rings. The van der Waals surface area contributed by atoms with Crippen LogP contribution >= 0.6 is 0 Å². The maximum absolute atomic E-state index is 10.8. The fraction of sp³-hybridized carbons (Fsp3) is 0.700. The third-order valence-corrected chi connectivity index (χ3v) is 2.86. The Morgan fingerprint density at radius 2 is 2.40 bits per heavy atom. The number of carbonyl (C=O) groups is 1. The smallest absolute Gasteiger partial charge is 0.307 e. The fourth-order valence-corrected chi connectivity index (χ4v) is 2.01. The molecule has 1 atom stereocenters. The highest BCUT2D eigenvalue weighted by molar-refractivity contribution is 5.70. The minimum absolute atomic E-state index is 0.281. The van der Waals surface area contributed by atoms with Crippen LogP contribution in [-0.4, -0.2) is 25.8 Å². The molecular weight excluding hydrogens is 194 g/mol. The number of carboxylic acid groups (broad SMARTS) is 1. The van der Waals surface area contributed by atoms with E-state index in [-0.39, 0.29) is 5.92 Å². The van der Waals surface area contributed by atoms with Crippen molar-refractivity contribution in [3.05, 3.63) is 11.6 Å². The normalized spacial score (nSPS) is 19.9. The first-order chi connectivity index (χ1) is 7.22. The van der Waals surface area contributed by atoms with Gasteiger partial charge in [0.05, 0.1) is 5.92 Å². The summed E-state index contributed by atoms with van der Waals surface area (Å²) in [5, 5.41) is 17.1. The van der Waals surface area contributed by atoms with Gasteiger partial charge in [0.25, 0.3) is 0 Å². The zero-order valence-corrected chi connectivity index (χ0v) is 8.81. The Morgan fingerprint density at radius 3 is 3.07 bits per heavy atom. The molecule has 1 aromatic heterocycles. The van der Waals surface area contributed by atoms with E-state index in [9.17, 15) is 4.79 Å². The van der Waals surface area contributed by atoms with Gasteiger partial charge in [-0.25, -0.2) is 0 Å². The zero-order chi connectivity index (χ0) is 10.8. The molecule has 0 aromatic carbocycles. The van der Waals surface area contributed by atoms with Crippen molar-refractivity contribution in [1.82, 2.24) is 14.8 Å². The van der Waals surface area contributed by atoms with Crippen molar-refractivity contribution < 1.29 is 9.90 Å². The lowest BCUT2D eigenvalue weighted by Gasteiger charge is -2.20. The Morgan fingerprint density at radius 1 is 1.60 bits per heavy atom. The van der Waals surface area contributed by atoms with Crippen molar-refractivity contribution in [3.8, 4) is 0 Å². The molecule has 0 saturated heterocycles. The van der Waals surface area contributed by atoms with Gasteiger partial charge in [0.1, 0.15) is 11.6 Å². The van der Waals surface area contributed by atoms with Crippen molar-refractivity contribution in [3.63, 3.8) is 0 Å². The molecular formula is C10H15N3O2. The van der Waals surface area contributed by atoms with Gasteiger partial charge < -0.3 is 9.67 Å². The molecule has 0 fully saturated rings. The van der Waals surface area contributed by atoms with Gasteiger partial charge in [-0.05, 0) is 12.8 Å². The maximum atomic E-state index is 10.8. The number of aliphatic carboxylic acids is 1. The number of nitrogens with zero attached hydrogens (tertiary/aromatic N) is 3. The van der Waals surface area contributed by atoms with E-state index in [1.807, 2.05) is 0 Å². The molecule has 2 rings (SSSR count). The van der Waals surface area contributed by atoms with Crippen LogP contribution in [0.15, 0.2) is 0 Å². The van der Waals surface area contributed by atoms with Gasteiger partial charge in [-0.15, -0.1) is 10.2 Å². The van der Waals surface area contributed by atoms with Gasteiger partial charge in [-0.1, -0.05) is 6.92 Å². The summed E-state index contributed by atoms with van der Waals surface area (Å²) in [4.78, 5) is 10.8. The molecule has 5 nitrogen and oxygen atoms in total. The molecule has 0 bridgehead atoms. The average Bonchev–Trinajstić information content (AvgIpc) is 2.61. The fourth-order valence-electron chi connectivity index (χ4n) is 2.01. The Bertz CT molecular complexity index is 373. The second kappa shape index (κ2) is 4.00. The van der Waals surface area contributed by atoms with Crippen LogP contribution in [0.5, 0.6) is 0 Å². The second-order valence-corrected chi connectivity index (χ2v) is 3.96. The third kappa shape index (κ3) is 1.86. The summed E-state index contributed by atoms with van der Waals surface area (Å²) in [6, 6.07) is 0. The molecule has 15 heavy (non-hydrogen) atoms. The molecule has 0 spiro atoms. The van der Waals surface area contributed by atoms with Crippen LogP contribution in [0.1, 0.15) is 31.4 Å². The first-order valence-electron chi connectivity index (χ1n) is 5.36. The number of rotatable bonds is 3. The molecule has 1 aliphatic rings. The summed E-state index contributed by atoms with van der Waals surface area (Å²) >= 11 is 0. The monoisotopic (exact) mass is 209 g/mol. The lowest BCUT2D eigenvalue weighted by atomic mass is 9.98. The minimum atomic E-state index is -0.721. The highest BCUT2D eigenvalue weighted by Crippen LogP contribution is 2.20. The molecule has 1 N–H and O–H groups in total. The SMILES string of the molecule is CCCc1nnc2n1CCC(C(=O)O)C2. The summed E-state index contributed by atoms with van der Waals surface area (Å²) in [5.74, 6) is 0.825. The molecule has 1 aliphatic heterocycles. The summed E-state index contributed by atoms with van der Waals surface area (Å²) in [5.41, 5.74) is 0. The van der Waals surface area contributed by atoms with E-state index in [0.29, 0.717) is 12.8 Å². The highest BCUT2D eigenvalue weighted by Gasteiger charge is 2.26. The largest absolute Gasteiger partial charge is 0.481 e. The number of carboxylic acids is 1. The van der Waals surface area contributed by atoms with Crippen LogP contribution in [0.2, 0.25) is 0 Å². The van der Waals surface area contributed by atoms with Crippen molar-refractivity contribution in [2.24, 2.45) is 5.92 Å². The van der Waals surface area contributed by atoms with E-state index < -0.39 is 5.97 Å². The van der Waals surface area contributed by atoms with Gasteiger partial charge >= 0.3 is 5.97 Å². The van der Waals surface area contributed by atoms with E-state index in [1.165, 1.54) is 0 Å². The minimum Gasteiger partial charge on any atom is -0.481 e. The molecule has 0 amide bonds. The molecule has 82 valence electrons. The van der Waals surface area contributed by atoms with Gasteiger partial charge in [0, 0.05) is 19.4 Å². The molecule has 0 saturated carbocycles. The lowest BCUT2D eigenvalue weighted by molar-refractivity contribution is -0.142. The Hall–Kier alpha value is -1.39. The highest BCUT2D eigenvalue weighted by atomic mass is 16.4. The number of hydrogen-bond donors (Lipinski definition) is 1. The quantitative estimate of drug-likeness (QED) is 0.802. The molecule has 1 unspecified atom stereocenters. The Kier molecular flexibility index (Phi) is 2.70. The molecule has 5 heteroatoms. The number of aryl methyl sites for hydroxylation is 1. The van der Waals surface area contributed by atoms with Crippen LogP contribution in [0.3, 0.4) is 0 Å². The first kappa shape index (κ1) is 10.1. The summed E-state index contributed by atoms with van der Waals surface area (Å²) < 4.78 is 2.07. The van der Waals surface area contributed by atoms with Crippen molar-refractivity contribution in [2.75, 3.05) is 0 Å². The standard InChI is InChI=1S/C10H15N3O2/c1-2-3-8-11-12-9-6-7(10(14)15)4-5-13(8)9/h7H,2-6H2,1H3,(H,14,15). The zero-order valence-electron chi connectivity index (χ0n) is 8.81. The maximum Gasteiger partial charge on any atom is 0.307 e. The van der Waals surface area contributed by atoms with E-state index in [0.717, 1.165) is 31.0 Å². The number of aromatic nitrogens is 3. The molecule has 2 heterocycles. The lowest BCUT2D eigenvalue weighted by Crippen LogP contribution is -2.26.